The van der Waals surface area contributed by atoms with Gasteiger partial charge in [-0.3, -0.25) is 4.99 Å². The third kappa shape index (κ3) is 7.04. The number of hydrogen-bond donors (Lipinski definition) is 1. The molecule has 0 aliphatic carbocycles. The van der Waals surface area contributed by atoms with Gasteiger partial charge in [0, 0.05) is 33.1 Å². The minimum Gasteiger partial charge on any atom is -0.375 e. The lowest BCUT2D eigenvalue weighted by Crippen LogP contribution is -2.40. The first-order valence-corrected chi connectivity index (χ1v) is 9.78. The molecule has 0 aliphatic heterocycles. The number of methoxy groups -OCH3 is 1. The van der Waals surface area contributed by atoms with Gasteiger partial charge in [0.15, 0.2) is 5.96 Å². The fourth-order valence-electron chi connectivity index (χ4n) is 2.64. The zero-order valence-electron chi connectivity index (χ0n) is 17.0. The number of halogens is 1. The Morgan fingerprint density at radius 3 is 2.56 bits per heavy atom. The van der Waals surface area contributed by atoms with Gasteiger partial charge < -0.3 is 15.0 Å². The zero-order valence-corrected chi connectivity index (χ0v) is 20.2. The highest BCUT2D eigenvalue weighted by Crippen LogP contribution is 2.21. The minimum absolute atomic E-state index is 0. The topological polar surface area (TPSA) is 49.8 Å². The Morgan fingerprint density at radius 1 is 1.30 bits per heavy atom. The van der Waals surface area contributed by atoms with E-state index in [0.29, 0.717) is 12.5 Å². The molecule has 27 heavy (non-hydrogen) atoms. The molecule has 2 unspecified atom stereocenters. The molecule has 150 valence electrons. The van der Waals surface area contributed by atoms with Gasteiger partial charge in [0.1, 0.15) is 11.1 Å². The molecule has 1 aromatic heterocycles. The molecule has 0 aliphatic rings. The van der Waals surface area contributed by atoms with Gasteiger partial charge in [0.2, 0.25) is 0 Å². The largest absolute Gasteiger partial charge is 0.375 e. The van der Waals surface area contributed by atoms with Crippen LogP contribution in [-0.2, 0) is 11.3 Å². The van der Waals surface area contributed by atoms with Crippen molar-refractivity contribution >= 4 is 41.3 Å². The van der Waals surface area contributed by atoms with E-state index < -0.39 is 0 Å². The van der Waals surface area contributed by atoms with Crippen LogP contribution in [0.25, 0.3) is 0 Å². The maximum atomic E-state index is 5.34. The van der Waals surface area contributed by atoms with Gasteiger partial charge in [0.25, 0.3) is 0 Å². The fourth-order valence-corrected chi connectivity index (χ4v) is 3.48. The average Bonchev–Trinajstić information content (AvgIpc) is 3.10. The molecule has 0 saturated heterocycles. The second-order valence-electron chi connectivity index (χ2n) is 6.65. The quantitative estimate of drug-likeness (QED) is 0.342. The SMILES string of the molecule is CN=C(NCC(C)c1ccc(C)cc1)N(C)Cc1csc(C(C)OC)n1.I. The number of thiazole rings is 1. The van der Waals surface area contributed by atoms with Crippen molar-refractivity contribution < 1.29 is 4.74 Å². The number of benzene rings is 1. The molecule has 0 spiro atoms. The second kappa shape index (κ2) is 11.6. The molecule has 1 N–H and O–H groups in total. The lowest BCUT2D eigenvalue weighted by Gasteiger charge is -2.23. The maximum Gasteiger partial charge on any atom is 0.193 e. The van der Waals surface area contributed by atoms with Gasteiger partial charge in [0.05, 0.1) is 12.2 Å². The molecule has 0 radical (unpaired) electrons. The maximum absolute atomic E-state index is 5.34. The zero-order chi connectivity index (χ0) is 19.1. The highest BCUT2D eigenvalue weighted by Gasteiger charge is 2.13. The standard InChI is InChI=1S/C20H30N4OS.HI/c1-14-7-9-17(10-8-14)15(2)11-22-20(21-4)24(5)12-18-13-26-19(23-18)16(3)25-6;/h7-10,13,15-16H,11-12H2,1-6H3,(H,21,22);1H. The summed E-state index contributed by atoms with van der Waals surface area (Å²) < 4.78 is 5.34. The number of hydrogen-bond acceptors (Lipinski definition) is 4. The Balaban J connectivity index is 0.00000364. The van der Waals surface area contributed by atoms with E-state index >= 15 is 0 Å². The molecular weight excluding hydrogens is 471 g/mol. The van der Waals surface area contributed by atoms with Gasteiger partial charge >= 0.3 is 0 Å². The van der Waals surface area contributed by atoms with Crippen molar-refractivity contribution in [1.29, 1.82) is 0 Å². The van der Waals surface area contributed by atoms with E-state index in [1.165, 1.54) is 11.1 Å². The van der Waals surface area contributed by atoms with E-state index in [0.717, 1.165) is 23.2 Å². The number of guanidine groups is 1. The minimum atomic E-state index is 0. The van der Waals surface area contributed by atoms with Crippen molar-refractivity contribution in [2.75, 3.05) is 27.7 Å². The van der Waals surface area contributed by atoms with E-state index in [2.05, 4.69) is 63.7 Å². The molecule has 0 saturated carbocycles. The predicted octanol–water partition coefficient (Wildman–Crippen LogP) is 4.59. The Hall–Kier alpha value is -1.19. The van der Waals surface area contributed by atoms with Crippen LogP contribution < -0.4 is 5.32 Å². The van der Waals surface area contributed by atoms with E-state index in [-0.39, 0.29) is 30.1 Å². The molecule has 7 heteroatoms. The Morgan fingerprint density at radius 2 is 1.96 bits per heavy atom. The molecule has 2 rings (SSSR count). The third-order valence-electron chi connectivity index (χ3n) is 4.46. The summed E-state index contributed by atoms with van der Waals surface area (Å²) in [6.45, 7) is 7.90. The lowest BCUT2D eigenvalue weighted by molar-refractivity contribution is 0.119. The third-order valence-corrected chi connectivity index (χ3v) is 5.51. The summed E-state index contributed by atoms with van der Waals surface area (Å²) in [5.74, 6) is 1.28. The van der Waals surface area contributed by atoms with Crippen LogP contribution in [0.5, 0.6) is 0 Å². The van der Waals surface area contributed by atoms with Gasteiger partial charge in [-0.25, -0.2) is 4.98 Å². The molecule has 2 aromatic rings. The van der Waals surface area contributed by atoms with E-state index in [1.807, 2.05) is 21.0 Å². The fraction of sp³-hybridized carbons (Fsp3) is 0.500. The average molecular weight is 502 g/mol. The summed E-state index contributed by atoms with van der Waals surface area (Å²) >= 11 is 1.64. The van der Waals surface area contributed by atoms with Crippen LogP contribution >= 0.6 is 35.3 Å². The van der Waals surface area contributed by atoms with Crippen molar-refractivity contribution in [2.24, 2.45) is 4.99 Å². The monoisotopic (exact) mass is 502 g/mol. The van der Waals surface area contributed by atoms with Crippen LogP contribution in [-0.4, -0.2) is 43.6 Å². The highest BCUT2D eigenvalue weighted by atomic mass is 127. The Kier molecular flexibility index (Phi) is 10.3. The van der Waals surface area contributed by atoms with Crippen molar-refractivity contribution in [3.05, 3.63) is 51.5 Å². The van der Waals surface area contributed by atoms with Crippen molar-refractivity contribution in [2.45, 2.75) is 39.3 Å². The number of nitrogens with zero attached hydrogens (tertiary/aromatic N) is 3. The number of aryl methyl sites for hydroxylation is 1. The number of aromatic nitrogens is 1. The van der Waals surface area contributed by atoms with E-state index in [1.54, 1.807) is 18.4 Å². The lowest BCUT2D eigenvalue weighted by atomic mass is 10.0. The smallest absolute Gasteiger partial charge is 0.193 e. The normalized spacial score (nSPS) is 13.6. The summed E-state index contributed by atoms with van der Waals surface area (Å²) in [6.07, 6.45) is 0.0341. The van der Waals surface area contributed by atoms with Crippen molar-refractivity contribution in [1.82, 2.24) is 15.2 Å². The molecule has 1 aromatic carbocycles. The first kappa shape index (κ1) is 23.8. The molecule has 1 heterocycles. The summed E-state index contributed by atoms with van der Waals surface area (Å²) in [5, 5.41) is 6.56. The van der Waals surface area contributed by atoms with E-state index in [4.69, 9.17) is 4.74 Å². The highest BCUT2D eigenvalue weighted by molar-refractivity contribution is 14.0. The van der Waals surface area contributed by atoms with Crippen LogP contribution in [0.2, 0.25) is 0 Å². The van der Waals surface area contributed by atoms with Crippen LogP contribution in [0.3, 0.4) is 0 Å². The molecule has 2 atom stereocenters. The molecule has 0 fully saturated rings. The Bertz CT molecular complexity index is 717. The number of aliphatic imine (C=N–C) groups is 1. The first-order valence-electron chi connectivity index (χ1n) is 8.90. The molecular formula is C20H31IN4OS. The Labute approximate surface area is 184 Å². The second-order valence-corrected chi connectivity index (χ2v) is 7.54. The summed E-state index contributed by atoms with van der Waals surface area (Å²) in [7, 11) is 5.55. The van der Waals surface area contributed by atoms with Crippen LogP contribution in [0.15, 0.2) is 34.6 Å². The number of nitrogens with one attached hydrogen (secondary N) is 1. The molecule has 0 amide bonds. The van der Waals surface area contributed by atoms with E-state index in [9.17, 15) is 0 Å². The number of rotatable bonds is 7. The van der Waals surface area contributed by atoms with Gasteiger partial charge in [-0.05, 0) is 25.3 Å². The van der Waals surface area contributed by atoms with Gasteiger partial charge in [-0.15, -0.1) is 35.3 Å². The molecule has 0 bridgehead atoms. The summed E-state index contributed by atoms with van der Waals surface area (Å²) in [4.78, 5) is 11.2. The van der Waals surface area contributed by atoms with Crippen molar-refractivity contribution in [3.8, 4) is 0 Å². The van der Waals surface area contributed by atoms with Gasteiger partial charge in [-0.1, -0.05) is 36.8 Å². The van der Waals surface area contributed by atoms with Crippen molar-refractivity contribution in [3.63, 3.8) is 0 Å². The first-order chi connectivity index (χ1) is 12.4. The van der Waals surface area contributed by atoms with Crippen LogP contribution in [0, 0.1) is 6.92 Å². The summed E-state index contributed by atoms with van der Waals surface area (Å²) in [6, 6.07) is 8.71. The number of ether oxygens (including phenoxy) is 1. The summed E-state index contributed by atoms with van der Waals surface area (Å²) in [5.41, 5.74) is 3.65. The van der Waals surface area contributed by atoms with Crippen LogP contribution in [0.1, 0.15) is 47.7 Å². The van der Waals surface area contributed by atoms with Gasteiger partial charge in [-0.2, -0.15) is 0 Å². The molecule has 5 nitrogen and oxygen atoms in total. The van der Waals surface area contributed by atoms with Crippen LogP contribution in [0.4, 0.5) is 0 Å². The predicted molar refractivity (Wildman–Crippen MR) is 125 cm³/mol.